The highest BCUT2D eigenvalue weighted by atomic mass is 79.9. The maximum absolute atomic E-state index is 10.9. The number of alkyl halides is 1. The Balaban J connectivity index is 3.26. The first-order valence-corrected chi connectivity index (χ1v) is 6.39. The van der Waals surface area contributed by atoms with Crippen molar-refractivity contribution in [1.82, 2.24) is 0 Å². The molecule has 94 valence electrons. The van der Waals surface area contributed by atoms with Crippen molar-refractivity contribution in [1.29, 1.82) is 0 Å². The maximum atomic E-state index is 10.9. The summed E-state index contributed by atoms with van der Waals surface area (Å²) in [6.45, 7) is 4.47. The maximum Gasteiger partial charge on any atom is 0.314 e. The Morgan fingerprint density at radius 2 is 1.82 bits per heavy atom. The fourth-order valence-corrected chi connectivity index (χ4v) is 1.84. The molecule has 0 aliphatic rings. The number of halogens is 1. The number of nitrogens with zero attached hydrogens (tertiary/aromatic N) is 1. The van der Waals surface area contributed by atoms with Gasteiger partial charge in [-0.3, -0.25) is 10.1 Å². The van der Waals surface area contributed by atoms with Crippen molar-refractivity contribution in [3.8, 4) is 11.5 Å². The zero-order chi connectivity index (χ0) is 12.8. The quantitative estimate of drug-likeness (QED) is 0.459. The van der Waals surface area contributed by atoms with Gasteiger partial charge in [0.2, 0.25) is 0 Å². The largest absolute Gasteiger partial charge is 0.493 e. The Morgan fingerprint density at radius 1 is 1.24 bits per heavy atom. The standard InChI is InChI=1S/C11H14BrNO4/c1-3-16-10-6-9(13(14)15)11(17-4-2)5-8(10)7-12/h5-6H,3-4,7H2,1-2H3. The van der Waals surface area contributed by atoms with E-state index < -0.39 is 4.92 Å². The molecule has 0 spiro atoms. The molecule has 0 unspecified atom stereocenters. The molecule has 1 rings (SSSR count). The Labute approximate surface area is 108 Å². The first-order chi connectivity index (χ1) is 8.13. The molecule has 17 heavy (non-hydrogen) atoms. The molecule has 0 aliphatic heterocycles. The third-order valence-corrected chi connectivity index (χ3v) is 2.69. The summed E-state index contributed by atoms with van der Waals surface area (Å²) in [5.41, 5.74) is 0.765. The lowest BCUT2D eigenvalue weighted by Crippen LogP contribution is -2.01. The highest BCUT2D eigenvalue weighted by molar-refractivity contribution is 9.08. The topological polar surface area (TPSA) is 61.6 Å². The zero-order valence-corrected chi connectivity index (χ0v) is 11.3. The number of benzene rings is 1. The van der Waals surface area contributed by atoms with Crippen LogP contribution >= 0.6 is 15.9 Å². The second-order valence-corrected chi connectivity index (χ2v) is 3.75. The second-order valence-electron chi connectivity index (χ2n) is 3.18. The van der Waals surface area contributed by atoms with Gasteiger partial charge in [0.15, 0.2) is 5.75 Å². The molecule has 0 N–H and O–H groups in total. The second kappa shape index (κ2) is 6.44. The van der Waals surface area contributed by atoms with Crippen LogP contribution in [0, 0.1) is 10.1 Å². The first kappa shape index (κ1) is 13.8. The van der Waals surface area contributed by atoms with E-state index in [-0.39, 0.29) is 11.4 Å². The summed E-state index contributed by atoms with van der Waals surface area (Å²) >= 11 is 3.32. The molecule has 5 nitrogen and oxygen atoms in total. The van der Waals surface area contributed by atoms with Crippen LogP contribution in [0.2, 0.25) is 0 Å². The van der Waals surface area contributed by atoms with Crippen LogP contribution in [0.25, 0.3) is 0 Å². The van der Waals surface area contributed by atoms with Gasteiger partial charge >= 0.3 is 5.69 Å². The molecule has 1 aromatic rings. The summed E-state index contributed by atoms with van der Waals surface area (Å²) < 4.78 is 10.6. The van der Waals surface area contributed by atoms with Gasteiger partial charge in [0, 0.05) is 10.9 Å². The van der Waals surface area contributed by atoms with E-state index in [2.05, 4.69) is 15.9 Å². The highest BCUT2D eigenvalue weighted by Gasteiger charge is 2.19. The van der Waals surface area contributed by atoms with E-state index in [1.54, 1.807) is 13.0 Å². The highest BCUT2D eigenvalue weighted by Crippen LogP contribution is 2.35. The van der Waals surface area contributed by atoms with Gasteiger partial charge in [0.05, 0.1) is 24.2 Å². The molecular weight excluding hydrogens is 290 g/mol. The predicted molar refractivity (Wildman–Crippen MR) is 68.1 cm³/mol. The van der Waals surface area contributed by atoms with Crippen molar-refractivity contribution in [3.63, 3.8) is 0 Å². The number of rotatable bonds is 6. The van der Waals surface area contributed by atoms with Crippen molar-refractivity contribution in [2.45, 2.75) is 19.2 Å². The normalized spacial score (nSPS) is 10.1. The van der Waals surface area contributed by atoms with Gasteiger partial charge in [-0.15, -0.1) is 0 Å². The third-order valence-electron chi connectivity index (χ3n) is 2.08. The summed E-state index contributed by atoms with van der Waals surface area (Å²) in [6, 6.07) is 3.05. The minimum atomic E-state index is -0.467. The van der Waals surface area contributed by atoms with E-state index in [0.29, 0.717) is 24.3 Å². The van der Waals surface area contributed by atoms with E-state index in [1.165, 1.54) is 6.07 Å². The van der Waals surface area contributed by atoms with Gasteiger partial charge in [0.1, 0.15) is 5.75 Å². The molecular formula is C11H14BrNO4. The van der Waals surface area contributed by atoms with Crippen molar-refractivity contribution in [2.24, 2.45) is 0 Å². The minimum Gasteiger partial charge on any atom is -0.493 e. The fraction of sp³-hybridized carbons (Fsp3) is 0.455. The molecule has 6 heteroatoms. The molecule has 0 radical (unpaired) electrons. The average Bonchev–Trinajstić information content (AvgIpc) is 2.30. The Hall–Kier alpha value is -1.30. The van der Waals surface area contributed by atoms with Crippen molar-refractivity contribution in [2.75, 3.05) is 13.2 Å². The van der Waals surface area contributed by atoms with Crippen LogP contribution in [-0.4, -0.2) is 18.1 Å². The van der Waals surface area contributed by atoms with Crippen LogP contribution in [0.3, 0.4) is 0 Å². The summed E-state index contributed by atoms with van der Waals surface area (Å²) in [7, 11) is 0. The van der Waals surface area contributed by atoms with Crippen LogP contribution in [0.1, 0.15) is 19.4 Å². The summed E-state index contributed by atoms with van der Waals surface area (Å²) in [5, 5.41) is 11.5. The number of nitro groups is 1. The molecule has 0 aromatic heterocycles. The van der Waals surface area contributed by atoms with Gasteiger partial charge in [-0.1, -0.05) is 15.9 Å². The van der Waals surface area contributed by atoms with Gasteiger partial charge < -0.3 is 9.47 Å². The van der Waals surface area contributed by atoms with E-state index in [1.807, 2.05) is 6.92 Å². The monoisotopic (exact) mass is 303 g/mol. The first-order valence-electron chi connectivity index (χ1n) is 5.26. The number of hydrogen-bond donors (Lipinski definition) is 0. The van der Waals surface area contributed by atoms with Crippen molar-refractivity contribution >= 4 is 21.6 Å². The van der Waals surface area contributed by atoms with Gasteiger partial charge in [-0.25, -0.2) is 0 Å². The lowest BCUT2D eigenvalue weighted by atomic mass is 10.2. The third kappa shape index (κ3) is 3.33. The Kier molecular flexibility index (Phi) is 5.21. The average molecular weight is 304 g/mol. The minimum absolute atomic E-state index is 0.0694. The molecule has 0 atom stereocenters. The van der Waals surface area contributed by atoms with Crippen molar-refractivity contribution in [3.05, 3.63) is 27.8 Å². The number of ether oxygens (including phenoxy) is 2. The number of hydrogen-bond acceptors (Lipinski definition) is 4. The van der Waals surface area contributed by atoms with Crippen LogP contribution in [0.4, 0.5) is 5.69 Å². The Bertz CT molecular complexity index is 409. The predicted octanol–water partition coefficient (Wildman–Crippen LogP) is 3.29. The molecule has 0 bridgehead atoms. The van der Waals surface area contributed by atoms with E-state index in [9.17, 15) is 10.1 Å². The van der Waals surface area contributed by atoms with Gasteiger partial charge in [-0.05, 0) is 19.9 Å². The molecule has 0 saturated heterocycles. The fourth-order valence-electron chi connectivity index (χ4n) is 1.40. The van der Waals surface area contributed by atoms with Gasteiger partial charge in [-0.2, -0.15) is 0 Å². The summed E-state index contributed by atoms with van der Waals surface area (Å²) in [5.74, 6) is 0.787. The number of nitro benzene ring substituents is 1. The van der Waals surface area contributed by atoms with Gasteiger partial charge in [0.25, 0.3) is 0 Å². The van der Waals surface area contributed by atoms with Crippen molar-refractivity contribution < 1.29 is 14.4 Å². The van der Waals surface area contributed by atoms with E-state index in [0.717, 1.165) is 5.56 Å². The van der Waals surface area contributed by atoms with E-state index in [4.69, 9.17) is 9.47 Å². The lowest BCUT2D eigenvalue weighted by molar-refractivity contribution is -0.385. The van der Waals surface area contributed by atoms with Crippen LogP contribution < -0.4 is 9.47 Å². The SMILES string of the molecule is CCOc1cc([N+](=O)[O-])c(OCC)cc1CBr. The molecule has 0 fully saturated rings. The zero-order valence-electron chi connectivity index (χ0n) is 9.73. The van der Waals surface area contributed by atoms with Crippen LogP contribution in [0.5, 0.6) is 11.5 Å². The lowest BCUT2D eigenvalue weighted by Gasteiger charge is -2.11. The van der Waals surface area contributed by atoms with Crippen LogP contribution in [0.15, 0.2) is 12.1 Å². The smallest absolute Gasteiger partial charge is 0.314 e. The van der Waals surface area contributed by atoms with E-state index >= 15 is 0 Å². The summed E-state index contributed by atoms with van der Waals surface area (Å²) in [4.78, 5) is 10.4. The molecule has 0 amide bonds. The molecule has 1 aromatic carbocycles. The molecule has 0 aliphatic carbocycles. The van der Waals surface area contributed by atoms with Crippen LogP contribution in [-0.2, 0) is 5.33 Å². The molecule has 0 heterocycles. The Morgan fingerprint density at radius 3 is 2.29 bits per heavy atom. The summed E-state index contributed by atoms with van der Waals surface area (Å²) in [6.07, 6.45) is 0. The molecule has 0 saturated carbocycles.